The maximum atomic E-state index is 12.6. The molecule has 0 unspecified atom stereocenters. The van der Waals surface area contributed by atoms with Gasteiger partial charge in [-0.15, -0.1) is 24.0 Å². The maximum Gasteiger partial charge on any atom is 0.225 e. The molecular weight excluding hydrogens is 533 g/mol. The number of nitrogens with zero attached hydrogens (tertiary/aromatic N) is 5. The van der Waals surface area contributed by atoms with Crippen LogP contribution in [0.15, 0.2) is 41.7 Å². The van der Waals surface area contributed by atoms with Crippen molar-refractivity contribution in [3.63, 3.8) is 0 Å². The van der Waals surface area contributed by atoms with E-state index in [0.29, 0.717) is 32.0 Å². The van der Waals surface area contributed by atoms with Crippen molar-refractivity contribution in [2.75, 3.05) is 58.3 Å². The van der Waals surface area contributed by atoms with Crippen molar-refractivity contribution in [2.45, 2.75) is 19.8 Å². The number of anilines is 1. The lowest BCUT2D eigenvalue weighted by Gasteiger charge is -2.34. The van der Waals surface area contributed by atoms with Crippen LogP contribution in [-0.4, -0.2) is 80.2 Å². The average Bonchev–Trinajstić information content (AvgIpc) is 2.83. The molecule has 10 heteroatoms. The Balaban J connectivity index is 0.00000385. The zero-order valence-corrected chi connectivity index (χ0v) is 21.9. The number of amides is 1. The largest absolute Gasteiger partial charge is 0.496 e. The van der Waals surface area contributed by atoms with Gasteiger partial charge in [-0.05, 0) is 31.0 Å². The fourth-order valence-electron chi connectivity index (χ4n) is 3.70. The second-order valence-electron chi connectivity index (χ2n) is 7.66. The van der Waals surface area contributed by atoms with Crippen LogP contribution in [0.25, 0.3) is 0 Å². The second-order valence-corrected chi connectivity index (χ2v) is 7.66. The van der Waals surface area contributed by atoms with Crippen molar-refractivity contribution < 1.29 is 9.53 Å². The normalized spacial score (nSPS) is 13.8. The highest BCUT2D eigenvalue weighted by molar-refractivity contribution is 14.0. The topological polar surface area (TPSA) is 95.0 Å². The summed E-state index contributed by atoms with van der Waals surface area (Å²) in [6.45, 7) is 6.18. The summed E-state index contributed by atoms with van der Waals surface area (Å²) in [6, 6.07) is 7.98. The Morgan fingerprint density at radius 1 is 1.12 bits per heavy atom. The molecule has 9 nitrogen and oxygen atoms in total. The van der Waals surface area contributed by atoms with Gasteiger partial charge in [0.15, 0.2) is 5.96 Å². The van der Waals surface area contributed by atoms with Gasteiger partial charge in [-0.1, -0.05) is 17.7 Å². The Morgan fingerprint density at radius 2 is 1.82 bits per heavy atom. The van der Waals surface area contributed by atoms with Crippen LogP contribution in [0.1, 0.15) is 17.5 Å². The van der Waals surface area contributed by atoms with Gasteiger partial charge in [-0.3, -0.25) is 9.79 Å². The summed E-state index contributed by atoms with van der Waals surface area (Å²) >= 11 is 0. The first-order valence-electron chi connectivity index (χ1n) is 11.0. The third-order valence-electron chi connectivity index (χ3n) is 5.44. The molecule has 1 amide bonds. The number of hydrogen-bond acceptors (Lipinski definition) is 6. The van der Waals surface area contributed by atoms with Crippen molar-refractivity contribution >= 4 is 41.8 Å². The van der Waals surface area contributed by atoms with E-state index in [2.05, 4.69) is 43.5 Å². The minimum Gasteiger partial charge on any atom is -0.496 e. The molecule has 1 aliphatic rings. The zero-order valence-electron chi connectivity index (χ0n) is 19.6. The zero-order chi connectivity index (χ0) is 22.8. The Hall–Kier alpha value is -2.63. The number of rotatable bonds is 8. The predicted octanol–water partition coefficient (Wildman–Crippen LogP) is 1.86. The summed E-state index contributed by atoms with van der Waals surface area (Å²) in [4.78, 5) is 29.4. The molecule has 0 radical (unpaired) electrons. The summed E-state index contributed by atoms with van der Waals surface area (Å²) in [6.07, 6.45) is 4.72. The number of aryl methyl sites for hydroxylation is 1. The number of methoxy groups -OCH3 is 1. The van der Waals surface area contributed by atoms with Crippen LogP contribution in [0.5, 0.6) is 5.75 Å². The number of nitrogens with one attached hydrogen (secondary N) is 2. The SMILES string of the molecule is CN=C(NCCC(=O)N1CCN(c2ncccn2)CC1)NCCc1cc(C)ccc1OC.I. The quantitative estimate of drug-likeness (QED) is 0.286. The van der Waals surface area contributed by atoms with Gasteiger partial charge in [0.05, 0.1) is 7.11 Å². The first-order valence-corrected chi connectivity index (χ1v) is 11.0. The van der Waals surface area contributed by atoms with Crippen molar-refractivity contribution in [3.8, 4) is 5.75 Å². The number of guanidine groups is 1. The molecule has 180 valence electrons. The molecule has 0 aliphatic carbocycles. The molecule has 0 saturated carbocycles. The highest BCUT2D eigenvalue weighted by Crippen LogP contribution is 2.19. The van der Waals surface area contributed by atoms with E-state index in [1.54, 1.807) is 32.6 Å². The average molecular weight is 567 g/mol. The number of piperazine rings is 1. The summed E-state index contributed by atoms with van der Waals surface area (Å²) in [7, 11) is 3.42. The van der Waals surface area contributed by atoms with E-state index in [0.717, 1.165) is 43.3 Å². The standard InChI is InChI=1S/C23H33N7O2.HI/c1-18-5-6-20(32-3)19(17-18)7-11-25-22(24-2)26-12-8-21(31)29-13-15-30(16-14-29)23-27-9-4-10-28-23;/h4-6,9-10,17H,7-8,11-16H2,1-3H3,(H2,24,25,26);1H. The van der Waals surface area contributed by atoms with E-state index in [1.165, 1.54) is 5.56 Å². The summed E-state index contributed by atoms with van der Waals surface area (Å²) in [5.74, 6) is 2.45. The predicted molar refractivity (Wildman–Crippen MR) is 142 cm³/mol. The number of aromatic nitrogens is 2. The third kappa shape index (κ3) is 8.02. The smallest absolute Gasteiger partial charge is 0.225 e. The highest BCUT2D eigenvalue weighted by atomic mass is 127. The van der Waals surface area contributed by atoms with Gasteiger partial charge in [0.1, 0.15) is 5.75 Å². The van der Waals surface area contributed by atoms with Crippen LogP contribution in [-0.2, 0) is 11.2 Å². The van der Waals surface area contributed by atoms with Gasteiger partial charge in [0.25, 0.3) is 0 Å². The number of carbonyl (C=O) groups excluding carboxylic acids is 1. The van der Waals surface area contributed by atoms with Gasteiger partial charge < -0.3 is 25.2 Å². The minimum absolute atomic E-state index is 0. The van der Waals surface area contributed by atoms with Crippen LogP contribution in [0.3, 0.4) is 0 Å². The van der Waals surface area contributed by atoms with Crippen LogP contribution < -0.4 is 20.3 Å². The van der Waals surface area contributed by atoms with Gasteiger partial charge in [0, 0.05) is 65.1 Å². The molecule has 2 heterocycles. The molecule has 1 aromatic heterocycles. The first kappa shape index (κ1) is 26.6. The molecule has 1 aliphatic heterocycles. The van der Waals surface area contributed by atoms with Crippen molar-refractivity contribution in [3.05, 3.63) is 47.8 Å². The Morgan fingerprint density at radius 3 is 2.48 bits per heavy atom. The van der Waals surface area contributed by atoms with E-state index >= 15 is 0 Å². The molecule has 2 aromatic rings. The molecule has 0 spiro atoms. The molecule has 0 atom stereocenters. The molecule has 2 N–H and O–H groups in total. The van der Waals surface area contributed by atoms with Crippen molar-refractivity contribution in [1.82, 2.24) is 25.5 Å². The summed E-state index contributed by atoms with van der Waals surface area (Å²) in [5, 5.41) is 6.53. The van der Waals surface area contributed by atoms with E-state index < -0.39 is 0 Å². The number of aliphatic imine (C=N–C) groups is 1. The molecular formula is C23H34IN7O2. The van der Waals surface area contributed by atoms with E-state index in [1.807, 2.05) is 17.0 Å². The maximum absolute atomic E-state index is 12.6. The molecule has 0 bridgehead atoms. The number of ether oxygens (including phenoxy) is 1. The Bertz CT molecular complexity index is 903. The lowest BCUT2D eigenvalue weighted by molar-refractivity contribution is -0.131. The fourth-order valence-corrected chi connectivity index (χ4v) is 3.70. The van der Waals surface area contributed by atoms with Crippen molar-refractivity contribution in [1.29, 1.82) is 0 Å². The van der Waals surface area contributed by atoms with Crippen LogP contribution in [0.4, 0.5) is 5.95 Å². The number of carbonyl (C=O) groups is 1. The molecule has 1 aromatic carbocycles. The van der Waals surface area contributed by atoms with E-state index in [4.69, 9.17) is 4.74 Å². The second kappa shape index (κ2) is 13.8. The minimum atomic E-state index is 0. The molecule has 3 rings (SSSR count). The Labute approximate surface area is 213 Å². The molecule has 33 heavy (non-hydrogen) atoms. The van der Waals surface area contributed by atoms with Crippen molar-refractivity contribution in [2.24, 2.45) is 4.99 Å². The van der Waals surface area contributed by atoms with Gasteiger partial charge in [-0.2, -0.15) is 0 Å². The fraction of sp³-hybridized carbons (Fsp3) is 0.478. The first-order chi connectivity index (χ1) is 15.6. The van der Waals surface area contributed by atoms with Gasteiger partial charge >= 0.3 is 0 Å². The van der Waals surface area contributed by atoms with Gasteiger partial charge in [0.2, 0.25) is 11.9 Å². The lowest BCUT2D eigenvalue weighted by Crippen LogP contribution is -2.50. The van der Waals surface area contributed by atoms with Crippen LogP contribution in [0, 0.1) is 6.92 Å². The summed E-state index contributed by atoms with van der Waals surface area (Å²) < 4.78 is 5.44. The van der Waals surface area contributed by atoms with E-state index in [-0.39, 0.29) is 29.9 Å². The monoisotopic (exact) mass is 567 g/mol. The highest BCUT2D eigenvalue weighted by Gasteiger charge is 2.22. The van der Waals surface area contributed by atoms with Crippen LogP contribution in [0.2, 0.25) is 0 Å². The number of benzene rings is 1. The third-order valence-corrected chi connectivity index (χ3v) is 5.44. The lowest BCUT2D eigenvalue weighted by atomic mass is 10.1. The Kier molecular flexibility index (Phi) is 11.1. The molecule has 1 saturated heterocycles. The summed E-state index contributed by atoms with van der Waals surface area (Å²) in [5.41, 5.74) is 2.37. The number of halogens is 1. The van der Waals surface area contributed by atoms with Crippen LogP contribution >= 0.6 is 24.0 Å². The number of hydrogen-bond donors (Lipinski definition) is 2. The van der Waals surface area contributed by atoms with E-state index in [9.17, 15) is 4.79 Å². The van der Waals surface area contributed by atoms with Gasteiger partial charge in [-0.25, -0.2) is 9.97 Å². The molecule has 1 fully saturated rings.